The van der Waals surface area contributed by atoms with Crippen molar-refractivity contribution in [2.75, 3.05) is 13.7 Å². The SMILES string of the molecule is CCCCOc1cc(/C=N\n2c(C)n[nH]c2=S)ccc1OC. The Morgan fingerprint density at radius 1 is 1.41 bits per heavy atom. The second kappa shape index (κ2) is 7.74. The summed E-state index contributed by atoms with van der Waals surface area (Å²) in [5.41, 5.74) is 0.898. The first-order chi connectivity index (χ1) is 10.7. The van der Waals surface area contributed by atoms with Crippen LogP contribution in [0.4, 0.5) is 0 Å². The molecule has 0 aliphatic heterocycles. The van der Waals surface area contributed by atoms with E-state index in [1.165, 1.54) is 0 Å². The minimum Gasteiger partial charge on any atom is -0.493 e. The Morgan fingerprint density at radius 3 is 2.86 bits per heavy atom. The van der Waals surface area contributed by atoms with Crippen molar-refractivity contribution >= 4 is 18.4 Å². The number of methoxy groups -OCH3 is 1. The highest BCUT2D eigenvalue weighted by molar-refractivity contribution is 7.71. The average Bonchev–Trinajstić information content (AvgIpc) is 2.84. The van der Waals surface area contributed by atoms with Gasteiger partial charge >= 0.3 is 0 Å². The van der Waals surface area contributed by atoms with Crippen molar-refractivity contribution in [2.45, 2.75) is 26.7 Å². The van der Waals surface area contributed by atoms with Gasteiger partial charge in [0.25, 0.3) is 0 Å². The molecule has 0 amide bonds. The number of unbranched alkanes of at least 4 members (excludes halogenated alkanes) is 1. The Kier molecular flexibility index (Phi) is 5.71. The minimum absolute atomic E-state index is 0.460. The zero-order chi connectivity index (χ0) is 15.9. The van der Waals surface area contributed by atoms with Crippen LogP contribution >= 0.6 is 12.2 Å². The number of ether oxygens (including phenoxy) is 2. The summed E-state index contributed by atoms with van der Waals surface area (Å²) in [6.07, 6.45) is 3.80. The lowest BCUT2D eigenvalue weighted by atomic mass is 10.2. The maximum Gasteiger partial charge on any atom is 0.216 e. The molecule has 0 atom stereocenters. The second-order valence-electron chi connectivity index (χ2n) is 4.74. The van der Waals surface area contributed by atoms with E-state index in [1.807, 2.05) is 25.1 Å². The maximum atomic E-state index is 5.76. The number of nitrogens with zero attached hydrogens (tertiary/aromatic N) is 3. The first-order valence-corrected chi connectivity index (χ1v) is 7.55. The molecule has 0 unspecified atom stereocenters. The largest absolute Gasteiger partial charge is 0.493 e. The van der Waals surface area contributed by atoms with Crippen molar-refractivity contribution in [3.8, 4) is 11.5 Å². The number of aromatic amines is 1. The van der Waals surface area contributed by atoms with Crippen molar-refractivity contribution in [3.05, 3.63) is 34.4 Å². The molecule has 0 fully saturated rings. The lowest BCUT2D eigenvalue weighted by Crippen LogP contribution is -2.00. The van der Waals surface area contributed by atoms with Gasteiger partial charge < -0.3 is 9.47 Å². The summed E-state index contributed by atoms with van der Waals surface area (Å²) < 4.78 is 13.1. The summed E-state index contributed by atoms with van der Waals surface area (Å²) in [5, 5.41) is 11.0. The summed E-state index contributed by atoms with van der Waals surface area (Å²) in [5.74, 6) is 2.13. The van der Waals surface area contributed by atoms with Crippen LogP contribution < -0.4 is 9.47 Å². The van der Waals surface area contributed by atoms with E-state index in [0.29, 0.717) is 28.7 Å². The third-order valence-corrected chi connectivity index (χ3v) is 3.34. The predicted molar refractivity (Wildman–Crippen MR) is 88.5 cm³/mol. The molecule has 22 heavy (non-hydrogen) atoms. The molecule has 1 aromatic carbocycles. The van der Waals surface area contributed by atoms with E-state index in [1.54, 1.807) is 18.0 Å². The van der Waals surface area contributed by atoms with Gasteiger partial charge in [-0.2, -0.15) is 14.9 Å². The van der Waals surface area contributed by atoms with Gasteiger partial charge in [-0.15, -0.1) is 0 Å². The van der Waals surface area contributed by atoms with Gasteiger partial charge in [-0.25, -0.2) is 0 Å². The highest BCUT2D eigenvalue weighted by Crippen LogP contribution is 2.27. The average molecular weight is 320 g/mol. The summed E-state index contributed by atoms with van der Waals surface area (Å²) in [7, 11) is 1.63. The quantitative estimate of drug-likeness (QED) is 0.483. The molecule has 1 heterocycles. The molecule has 0 saturated carbocycles. The molecule has 2 rings (SSSR count). The number of hydrogen-bond acceptors (Lipinski definition) is 5. The Bertz CT molecular complexity index is 706. The molecule has 1 N–H and O–H groups in total. The van der Waals surface area contributed by atoms with Crippen LogP contribution in [0.2, 0.25) is 0 Å². The summed E-state index contributed by atoms with van der Waals surface area (Å²) in [4.78, 5) is 0. The van der Waals surface area contributed by atoms with Crippen LogP contribution in [0.5, 0.6) is 11.5 Å². The molecule has 0 spiro atoms. The van der Waals surface area contributed by atoms with Gasteiger partial charge in [-0.05, 0) is 49.3 Å². The number of aryl methyl sites for hydroxylation is 1. The Balaban J connectivity index is 2.21. The molecular formula is C15H20N4O2S. The fourth-order valence-corrected chi connectivity index (χ4v) is 2.07. The molecule has 7 heteroatoms. The smallest absolute Gasteiger partial charge is 0.216 e. The molecule has 1 aromatic heterocycles. The van der Waals surface area contributed by atoms with E-state index in [-0.39, 0.29) is 0 Å². The highest BCUT2D eigenvalue weighted by atomic mass is 32.1. The predicted octanol–water partition coefficient (Wildman–Crippen LogP) is 3.32. The molecule has 6 nitrogen and oxygen atoms in total. The second-order valence-corrected chi connectivity index (χ2v) is 5.13. The Labute approximate surface area is 134 Å². The lowest BCUT2D eigenvalue weighted by molar-refractivity contribution is 0.288. The van der Waals surface area contributed by atoms with Crippen molar-refractivity contribution in [2.24, 2.45) is 5.10 Å². The van der Waals surface area contributed by atoms with Crippen LogP contribution in [0, 0.1) is 11.7 Å². The normalized spacial score (nSPS) is 11.0. The van der Waals surface area contributed by atoms with Gasteiger partial charge in [0.05, 0.1) is 19.9 Å². The standard InChI is InChI=1S/C15H20N4O2S/c1-4-5-8-21-14-9-12(6-7-13(14)20-3)10-16-19-11(2)17-18-15(19)22/h6-7,9-10H,4-5,8H2,1-3H3,(H,18,22)/b16-10-. The van der Waals surface area contributed by atoms with Crippen LogP contribution in [0.1, 0.15) is 31.2 Å². The van der Waals surface area contributed by atoms with Gasteiger partial charge in [-0.3, -0.25) is 5.10 Å². The van der Waals surface area contributed by atoms with Gasteiger partial charge in [-0.1, -0.05) is 13.3 Å². The summed E-state index contributed by atoms with van der Waals surface area (Å²) >= 11 is 5.11. The van der Waals surface area contributed by atoms with E-state index in [2.05, 4.69) is 22.2 Å². The first kappa shape index (κ1) is 16.2. The zero-order valence-electron chi connectivity index (χ0n) is 13.0. The monoisotopic (exact) mass is 320 g/mol. The molecule has 0 saturated heterocycles. The van der Waals surface area contributed by atoms with Crippen molar-refractivity contribution in [3.63, 3.8) is 0 Å². The summed E-state index contributed by atoms with van der Waals surface area (Å²) in [6.45, 7) is 4.62. The van der Waals surface area contributed by atoms with Crippen molar-refractivity contribution in [1.29, 1.82) is 0 Å². The number of rotatable bonds is 7. The van der Waals surface area contributed by atoms with Crippen LogP contribution in [-0.2, 0) is 0 Å². The fourth-order valence-electron chi connectivity index (χ4n) is 1.84. The van der Waals surface area contributed by atoms with Gasteiger partial charge in [0.15, 0.2) is 11.5 Å². The zero-order valence-corrected chi connectivity index (χ0v) is 13.8. The van der Waals surface area contributed by atoms with Crippen LogP contribution in [0.25, 0.3) is 0 Å². The van der Waals surface area contributed by atoms with Crippen molar-refractivity contribution in [1.82, 2.24) is 14.9 Å². The molecule has 0 bridgehead atoms. The van der Waals surface area contributed by atoms with Crippen LogP contribution in [0.15, 0.2) is 23.3 Å². The number of H-pyrrole nitrogens is 1. The highest BCUT2D eigenvalue weighted by Gasteiger charge is 2.05. The Hall–Kier alpha value is -2.15. The van der Waals surface area contributed by atoms with Crippen molar-refractivity contribution < 1.29 is 9.47 Å². The first-order valence-electron chi connectivity index (χ1n) is 7.15. The maximum absolute atomic E-state index is 5.76. The number of aromatic nitrogens is 3. The molecule has 2 aromatic rings. The number of benzene rings is 1. The number of nitrogens with one attached hydrogen (secondary N) is 1. The lowest BCUT2D eigenvalue weighted by Gasteiger charge is -2.10. The molecule has 0 radical (unpaired) electrons. The van der Waals surface area contributed by atoms with Gasteiger partial charge in [0, 0.05) is 0 Å². The van der Waals surface area contributed by atoms with E-state index in [4.69, 9.17) is 21.7 Å². The molecule has 0 aliphatic carbocycles. The molecule has 118 valence electrons. The third kappa shape index (κ3) is 3.94. The third-order valence-electron chi connectivity index (χ3n) is 3.08. The Morgan fingerprint density at radius 2 is 2.23 bits per heavy atom. The number of hydrogen-bond donors (Lipinski definition) is 1. The fraction of sp³-hybridized carbons (Fsp3) is 0.400. The summed E-state index contributed by atoms with van der Waals surface area (Å²) in [6, 6.07) is 5.68. The molecular weight excluding hydrogens is 300 g/mol. The minimum atomic E-state index is 0.460. The molecule has 0 aliphatic rings. The van der Waals surface area contributed by atoms with Gasteiger partial charge in [0.2, 0.25) is 4.77 Å². The van der Waals surface area contributed by atoms with E-state index >= 15 is 0 Å². The van der Waals surface area contributed by atoms with Crippen LogP contribution in [-0.4, -0.2) is 34.8 Å². The van der Waals surface area contributed by atoms with E-state index < -0.39 is 0 Å². The topological polar surface area (TPSA) is 64.4 Å². The van der Waals surface area contributed by atoms with E-state index in [9.17, 15) is 0 Å². The van der Waals surface area contributed by atoms with E-state index in [0.717, 1.165) is 18.4 Å². The van der Waals surface area contributed by atoms with Crippen LogP contribution in [0.3, 0.4) is 0 Å². The van der Waals surface area contributed by atoms with Gasteiger partial charge in [0.1, 0.15) is 5.82 Å².